The Morgan fingerprint density at radius 2 is 2.13 bits per heavy atom. The fraction of sp³-hybridized carbons (Fsp3) is 0.588. The number of hydrogen-bond acceptors (Lipinski definition) is 6. The molecule has 23 heavy (non-hydrogen) atoms. The fourth-order valence-corrected chi connectivity index (χ4v) is 1.87. The second-order valence-corrected chi connectivity index (χ2v) is 5.46. The minimum atomic E-state index is -0.622. The molecule has 1 rings (SSSR count). The molecule has 0 amide bonds. The summed E-state index contributed by atoms with van der Waals surface area (Å²) in [6.07, 6.45) is 0.518. The molecular formula is C17H27NO5. The van der Waals surface area contributed by atoms with Crippen LogP contribution in [-0.4, -0.2) is 56.7 Å². The molecule has 0 saturated heterocycles. The summed E-state index contributed by atoms with van der Waals surface area (Å²) >= 11 is 0. The Morgan fingerprint density at radius 3 is 2.83 bits per heavy atom. The van der Waals surface area contributed by atoms with Crippen molar-refractivity contribution >= 4 is 5.97 Å². The number of methoxy groups -OCH3 is 1. The summed E-state index contributed by atoms with van der Waals surface area (Å²) in [6, 6.07) is 6.68. The maximum atomic E-state index is 11.4. The zero-order valence-electron chi connectivity index (χ0n) is 14.1. The van der Waals surface area contributed by atoms with Gasteiger partial charge in [0.05, 0.1) is 18.8 Å². The van der Waals surface area contributed by atoms with Gasteiger partial charge in [0.25, 0.3) is 0 Å². The van der Waals surface area contributed by atoms with E-state index in [4.69, 9.17) is 9.47 Å². The van der Waals surface area contributed by atoms with Gasteiger partial charge >= 0.3 is 5.97 Å². The van der Waals surface area contributed by atoms with Crippen molar-refractivity contribution in [2.45, 2.75) is 32.5 Å². The van der Waals surface area contributed by atoms with Gasteiger partial charge in [-0.15, -0.1) is 0 Å². The van der Waals surface area contributed by atoms with Gasteiger partial charge in [0.1, 0.15) is 18.5 Å². The van der Waals surface area contributed by atoms with Crippen molar-refractivity contribution in [1.82, 2.24) is 5.32 Å². The minimum absolute atomic E-state index is 0.153. The van der Waals surface area contributed by atoms with Crippen molar-refractivity contribution in [2.24, 2.45) is 0 Å². The van der Waals surface area contributed by atoms with Crippen LogP contribution in [0.4, 0.5) is 0 Å². The number of carbonyl (C=O) groups is 1. The van der Waals surface area contributed by atoms with Crippen molar-refractivity contribution in [2.75, 3.05) is 33.4 Å². The zero-order chi connectivity index (χ0) is 17.1. The van der Waals surface area contributed by atoms with E-state index in [1.165, 1.54) is 7.11 Å². The number of nitrogens with one attached hydrogen (secondary N) is 1. The van der Waals surface area contributed by atoms with E-state index in [-0.39, 0.29) is 12.7 Å². The molecule has 6 nitrogen and oxygen atoms in total. The fourth-order valence-electron chi connectivity index (χ4n) is 1.87. The first-order chi connectivity index (χ1) is 11.0. The highest BCUT2D eigenvalue weighted by Crippen LogP contribution is 2.14. The normalized spacial score (nSPS) is 12.2. The molecule has 0 aliphatic heterocycles. The predicted octanol–water partition coefficient (Wildman–Crippen LogP) is 1.62. The monoisotopic (exact) mass is 325 g/mol. The van der Waals surface area contributed by atoms with Crippen LogP contribution in [0.3, 0.4) is 0 Å². The molecule has 0 spiro atoms. The van der Waals surface area contributed by atoms with Crippen LogP contribution in [0.5, 0.6) is 5.75 Å². The largest absolute Gasteiger partial charge is 0.491 e. The van der Waals surface area contributed by atoms with Gasteiger partial charge in [0.2, 0.25) is 0 Å². The Bertz CT molecular complexity index is 464. The smallest absolute Gasteiger partial charge is 0.337 e. The zero-order valence-corrected chi connectivity index (χ0v) is 14.1. The summed E-state index contributed by atoms with van der Waals surface area (Å²) in [7, 11) is 1.33. The number of rotatable bonds is 11. The summed E-state index contributed by atoms with van der Waals surface area (Å²) in [5.74, 6) is 0.110. The lowest BCUT2D eigenvalue weighted by Gasteiger charge is -2.14. The van der Waals surface area contributed by atoms with Crippen LogP contribution in [0.15, 0.2) is 24.3 Å². The topological polar surface area (TPSA) is 77.0 Å². The third-order valence-electron chi connectivity index (χ3n) is 3.03. The number of benzene rings is 1. The average molecular weight is 325 g/mol. The number of ether oxygens (including phenoxy) is 3. The Hall–Kier alpha value is -1.63. The van der Waals surface area contributed by atoms with Crippen LogP contribution >= 0.6 is 0 Å². The molecular weight excluding hydrogens is 298 g/mol. The third-order valence-corrected chi connectivity index (χ3v) is 3.03. The molecule has 130 valence electrons. The SMILES string of the molecule is COC(=O)c1cccc(OCC(O)CNCCCOC(C)C)c1. The molecule has 0 aliphatic rings. The molecule has 0 aliphatic carbocycles. The molecule has 1 atom stereocenters. The summed E-state index contributed by atoms with van der Waals surface area (Å²) in [6.45, 7) is 6.09. The first-order valence-electron chi connectivity index (χ1n) is 7.84. The standard InChI is InChI=1S/C17H27NO5/c1-13(2)22-9-5-8-18-11-15(19)12-23-16-7-4-6-14(10-16)17(20)21-3/h4,6-7,10,13,15,18-19H,5,8-9,11-12H2,1-3H3. The van der Waals surface area contributed by atoms with Gasteiger partial charge in [-0.25, -0.2) is 4.79 Å². The predicted molar refractivity (Wildman–Crippen MR) is 87.9 cm³/mol. The number of aliphatic hydroxyl groups excluding tert-OH is 1. The van der Waals surface area contributed by atoms with E-state index in [0.717, 1.165) is 13.0 Å². The van der Waals surface area contributed by atoms with E-state index in [9.17, 15) is 9.90 Å². The Balaban J connectivity index is 2.20. The highest BCUT2D eigenvalue weighted by Gasteiger charge is 2.08. The molecule has 0 heterocycles. The molecule has 0 radical (unpaired) electrons. The quantitative estimate of drug-likeness (QED) is 0.475. The molecule has 6 heteroatoms. The maximum Gasteiger partial charge on any atom is 0.337 e. The number of aliphatic hydroxyl groups is 1. The van der Waals surface area contributed by atoms with Crippen molar-refractivity contribution in [1.29, 1.82) is 0 Å². The summed E-state index contributed by atoms with van der Waals surface area (Å²) in [4.78, 5) is 11.4. The van der Waals surface area contributed by atoms with Gasteiger partial charge in [-0.2, -0.15) is 0 Å². The van der Waals surface area contributed by atoms with Crippen LogP contribution in [0.25, 0.3) is 0 Å². The van der Waals surface area contributed by atoms with Crippen LogP contribution in [0, 0.1) is 0 Å². The third kappa shape index (κ3) is 8.54. The molecule has 0 bridgehead atoms. The highest BCUT2D eigenvalue weighted by atomic mass is 16.5. The number of hydrogen-bond donors (Lipinski definition) is 2. The van der Waals surface area contributed by atoms with E-state index >= 15 is 0 Å². The molecule has 1 aromatic rings. The van der Waals surface area contributed by atoms with E-state index in [2.05, 4.69) is 10.1 Å². The lowest BCUT2D eigenvalue weighted by molar-refractivity contribution is 0.0599. The molecule has 2 N–H and O–H groups in total. The van der Waals surface area contributed by atoms with Crippen molar-refractivity contribution in [3.05, 3.63) is 29.8 Å². The number of carbonyl (C=O) groups excluding carboxylic acids is 1. The van der Waals surface area contributed by atoms with Gasteiger partial charge in [-0.1, -0.05) is 6.07 Å². The van der Waals surface area contributed by atoms with Crippen LogP contribution in [-0.2, 0) is 9.47 Å². The summed E-state index contributed by atoms with van der Waals surface area (Å²) in [5, 5.41) is 13.0. The van der Waals surface area contributed by atoms with Gasteiger partial charge in [0.15, 0.2) is 0 Å². The minimum Gasteiger partial charge on any atom is -0.491 e. The van der Waals surface area contributed by atoms with Crippen LogP contribution in [0.2, 0.25) is 0 Å². The van der Waals surface area contributed by atoms with Crippen molar-refractivity contribution in [3.63, 3.8) is 0 Å². The summed E-state index contributed by atoms with van der Waals surface area (Å²) in [5.41, 5.74) is 0.419. The molecule has 1 aromatic carbocycles. The Kier molecular flexibility index (Phi) is 9.28. The van der Waals surface area contributed by atoms with Crippen LogP contribution in [0.1, 0.15) is 30.6 Å². The van der Waals surface area contributed by atoms with Gasteiger partial charge in [-0.3, -0.25) is 0 Å². The van der Waals surface area contributed by atoms with Crippen molar-refractivity contribution < 1.29 is 24.1 Å². The lowest BCUT2D eigenvalue weighted by Crippen LogP contribution is -2.32. The van der Waals surface area contributed by atoms with E-state index in [0.29, 0.717) is 24.5 Å². The second kappa shape index (κ2) is 11.0. The molecule has 0 fully saturated rings. The van der Waals surface area contributed by atoms with Gasteiger partial charge in [0, 0.05) is 13.2 Å². The molecule has 1 unspecified atom stereocenters. The van der Waals surface area contributed by atoms with Crippen LogP contribution < -0.4 is 10.1 Å². The Labute approximate surface area is 137 Å². The summed E-state index contributed by atoms with van der Waals surface area (Å²) < 4.78 is 15.6. The number of esters is 1. The highest BCUT2D eigenvalue weighted by molar-refractivity contribution is 5.89. The first kappa shape index (κ1) is 19.4. The molecule has 0 aromatic heterocycles. The molecule has 0 saturated carbocycles. The second-order valence-electron chi connectivity index (χ2n) is 5.46. The maximum absolute atomic E-state index is 11.4. The average Bonchev–Trinajstić information content (AvgIpc) is 2.55. The van der Waals surface area contributed by atoms with E-state index < -0.39 is 12.1 Å². The van der Waals surface area contributed by atoms with Gasteiger partial charge in [-0.05, 0) is 45.0 Å². The Morgan fingerprint density at radius 1 is 1.35 bits per heavy atom. The lowest BCUT2D eigenvalue weighted by atomic mass is 10.2. The first-order valence-corrected chi connectivity index (χ1v) is 7.84. The van der Waals surface area contributed by atoms with E-state index in [1.54, 1.807) is 24.3 Å². The van der Waals surface area contributed by atoms with E-state index in [1.807, 2.05) is 13.8 Å². The van der Waals surface area contributed by atoms with Crippen molar-refractivity contribution in [3.8, 4) is 5.75 Å². The van der Waals surface area contributed by atoms with Gasteiger partial charge < -0.3 is 24.6 Å².